The third kappa shape index (κ3) is 3.50. The van der Waals surface area contributed by atoms with Crippen molar-refractivity contribution in [2.45, 2.75) is 13.8 Å². The van der Waals surface area contributed by atoms with E-state index in [1.54, 1.807) is 11.0 Å². The van der Waals surface area contributed by atoms with E-state index in [0.717, 1.165) is 16.8 Å². The van der Waals surface area contributed by atoms with Crippen LogP contribution in [0.3, 0.4) is 0 Å². The van der Waals surface area contributed by atoms with Crippen LogP contribution >= 0.6 is 11.6 Å². The largest absolute Gasteiger partial charge is 0.451 e. The average Bonchev–Trinajstić information content (AvgIpc) is 2.66. The normalized spacial score (nSPS) is 14.5. The molecule has 0 spiro atoms. The Morgan fingerprint density at radius 2 is 1.79 bits per heavy atom. The van der Waals surface area contributed by atoms with E-state index in [2.05, 4.69) is 4.90 Å². The molecule has 1 aliphatic heterocycles. The van der Waals surface area contributed by atoms with Crippen LogP contribution in [0, 0.1) is 13.8 Å². The van der Waals surface area contributed by atoms with Crippen LogP contribution in [0.2, 0.25) is 5.02 Å². The molecule has 0 unspecified atom stereocenters. The maximum atomic E-state index is 12.9. The number of amides is 1. The minimum atomic E-state index is -0.246. The number of halogens is 1. The standard InChI is InChI=1S/C22H21ClN2O3/c1-14-10-15(2)21-18(26)13-20(28-19(21)11-14)22(27)25-8-6-24(7-9-25)17-5-3-4-16(23)12-17/h3-5,10-13H,6-9H2,1-2H3. The zero-order valence-corrected chi connectivity index (χ0v) is 16.6. The van der Waals surface area contributed by atoms with E-state index in [-0.39, 0.29) is 17.1 Å². The Hall–Kier alpha value is -2.79. The Morgan fingerprint density at radius 3 is 2.50 bits per heavy atom. The zero-order chi connectivity index (χ0) is 19.8. The molecule has 1 saturated heterocycles. The Morgan fingerprint density at radius 1 is 1.04 bits per heavy atom. The van der Waals surface area contributed by atoms with Crippen molar-refractivity contribution in [1.29, 1.82) is 0 Å². The lowest BCUT2D eigenvalue weighted by molar-refractivity contribution is 0.0715. The molecule has 1 amide bonds. The van der Waals surface area contributed by atoms with Crippen LogP contribution in [0.25, 0.3) is 11.0 Å². The van der Waals surface area contributed by atoms with E-state index in [4.69, 9.17) is 16.0 Å². The van der Waals surface area contributed by atoms with Crippen LogP contribution in [-0.2, 0) is 0 Å². The highest BCUT2D eigenvalue weighted by molar-refractivity contribution is 6.30. The van der Waals surface area contributed by atoms with Crippen LogP contribution in [0.1, 0.15) is 21.7 Å². The number of nitrogens with zero attached hydrogens (tertiary/aromatic N) is 2. The van der Waals surface area contributed by atoms with Gasteiger partial charge in [0.15, 0.2) is 11.2 Å². The molecule has 0 atom stereocenters. The first-order chi connectivity index (χ1) is 13.4. The van der Waals surface area contributed by atoms with Gasteiger partial charge in [-0.15, -0.1) is 0 Å². The van der Waals surface area contributed by atoms with Crippen molar-refractivity contribution >= 4 is 34.2 Å². The predicted octanol–water partition coefficient (Wildman–Crippen LogP) is 4.03. The number of carbonyl (C=O) groups excluding carboxylic acids is 1. The smallest absolute Gasteiger partial charge is 0.289 e. The monoisotopic (exact) mass is 396 g/mol. The number of fused-ring (bicyclic) bond motifs is 1. The van der Waals surface area contributed by atoms with E-state index in [9.17, 15) is 9.59 Å². The van der Waals surface area contributed by atoms with Crippen molar-refractivity contribution in [3.05, 3.63) is 74.6 Å². The summed E-state index contributed by atoms with van der Waals surface area (Å²) in [5, 5.41) is 1.23. The van der Waals surface area contributed by atoms with Gasteiger partial charge in [0.25, 0.3) is 5.91 Å². The lowest BCUT2D eigenvalue weighted by Crippen LogP contribution is -2.48. The number of hydrogen-bond donors (Lipinski definition) is 0. The topological polar surface area (TPSA) is 53.8 Å². The molecule has 1 aromatic heterocycles. The van der Waals surface area contributed by atoms with Gasteiger partial charge in [-0.25, -0.2) is 0 Å². The lowest BCUT2D eigenvalue weighted by Gasteiger charge is -2.35. The third-order valence-electron chi connectivity index (χ3n) is 5.12. The summed E-state index contributed by atoms with van der Waals surface area (Å²) in [5.41, 5.74) is 3.18. The van der Waals surface area contributed by atoms with E-state index in [1.165, 1.54) is 6.07 Å². The highest BCUT2D eigenvalue weighted by atomic mass is 35.5. The van der Waals surface area contributed by atoms with Crippen LogP contribution in [0.4, 0.5) is 5.69 Å². The molecule has 1 fully saturated rings. The molecular formula is C22H21ClN2O3. The molecule has 2 heterocycles. The number of piperazine rings is 1. The van der Waals surface area contributed by atoms with E-state index in [0.29, 0.717) is 42.2 Å². The molecular weight excluding hydrogens is 376 g/mol. The molecule has 0 saturated carbocycles. The Kier molecular flexibility index (Phi) is 4.85. The number of aryl methyl sites for hydroxylation is 2. The van der Waals surface area contributed by atoms with Gasteiger partial charge >= 0.3 is 0 Å². The van der Waals surface area contributed by atoms with Crippen molar-refractivity contribution in [3.63, 3.8) is 0 Å². The molecule has 4 rings (SSSR count). The number of hydrogen-bond acceptors (Lipinski definition) is 4. The molecule has 6 heteroatoms. The van der Waals surface area contributed by atoms with Crippen molar-refractivity contribution in [2.75, 3.05) is 31.1 Å². The van der Waals surface area contributed by atoms with Gasteiger partial charge in [0, 0.05) is 43.0 Å². The van der Waals surface area contributed by atoms with E-state index >= 15 is 0 Å². The van der Waals surface area contributed by atoms with Gasteiger partial charge in [0.05, 0.1) is 5.39 Å². The third-order valence-corrected chi connectivity index (χ3v) is 5.36. The Balaban J connectivity index is 1.55. The van der Waals surface area contributed by atoms with Crippen LogP contribution in [0.15, 0.2) is 51.7 Å². The highest BCUT2D eigenvalue weighted by Crippen LogP contribution is 2.22. The summed E-state index contributed by atoms with van der Waals surface area (Å²) in [4.78, 5) is 29.4. The minimum Gasteiger partial charge on any atom is -0.451 e. The minimum absolute atomic E-state index is 0.0960. The van der Waals surface area contributed by atoms with E-state index in [1.807, 2.05) is 44.2 Å². The van der Waals surface area contributed by atoms with Crippen LogP contribution in [0.5, 0.6) is 0 Å². The molecule has 3 aromatic rings. The maximum absolute atomic E-state index is 12.9. The number of benzene rings is 2. The lowest BCUT2D eigenvalue weighted by atomic mass is 10.1. The Bertz CT molecular complexity index is 1110. The first-order valence-corrected chi connectivity index (χ1v) is 9.65. The molecule has 28 heavy (non-hydrogen) atoms. The molecule has 0 aliphatic carbocycles. The van der Waals surface area contributed by atoms with Crippen molar-refractivity contribution in [1.82, 2.24) is 4.90 Å². The molecule has 0 N–H and O–H groups in total. The van der Waals surface area contributed by atoms with Crippen LogP contribution in [-0.4, -0.2) is 37.0 Å². The van der Waals surface area contributed by atoms with Crippen molar-refractivity contribution in [3.8, 4) is 0 Å². The van der Waals surface area contributed by atoms with E-state index < -0.39 is 0 Å². The van der Waals surface area contributed by atoms with Gasteiger partial charge in [0.1, 0.15) is 5.58 Å². The summed E-state index contributed by atoms with van der Waals surface area (Å²) in [5.74, 6) is -0.150. The highest BCUT2D eigenvalue weighted by Gasteiger charge is 2.25. The molecule has 144 valence electrons. The molecule has 1 aliphatic rings. The summed E-state index contributed by atoms with van der Waals surface area (Å²) in [6, 6.07) is 12.8. The number of carbonyl (C=O) groups is 1. The fourth-order valence-electron chi connectivity index (χ4n) is 3.77. The predicted molar refractivity (Wildman–Crippen MR) is 112 cm³/mol. The van der Waals surface area contributed by atoms with Gasteiger partial charge in [0.2, 0.25) is 0 Å². The summed E-state index contributed by atoms with van der Waals surface area (Å²) in [7, 11) is 0. The first-order valence-electron chi connectivity index (χ1n) is 9.27. The summed E-state index contributed by atoms with van der Waals surface area (Å²) in [6.45, 7) is 6.32. The molecule has 5 nitrogen and oxygen atoms in total. The van der Waals surface area contributed by atoms with Gasteiger partial charge in [-0.3, -0.25) is 9.59 Å². The zero-order valence-electron chi connectivity index (χ0n) is 15.9. The number of anilines is 1. The average molecular weight is 397 g/mol. The fourth-order valence-corrected chi connectivity index (χ4v) is 3.95. The summed E-state index contributed by atoms with van der Waals surface area (Å²) in [6.07, 6.45) is 0. The van der Waals surface area contributed by atoms with Crippen molar-refractivity contribution in [2.24, 2.45) is 0 Å². The summed E-state index contributed by atoms with van der Waals surface area (Å²) >= 11 is 6.07. The molecule has 2 aromatic carbocycles. The van der Waals surface area contributed by atoms with Gasteiger partial charge in [-0.2, -0.15) is 0 Å². The summed E-state index contributed by atoms with van der Waals surface area (Å²) < 4.78 is 5.82. The second-order valence-corrected chi connectivity index (χ2v) is 7.63. The van der Waals surface area contributed by atoms with Crippen molar-refractivity contribution < 1.29 is 9.21 Å². The second-order valence-electron chi connectivity index (χ2n) is 7.19. The second kappa shape index (κ2) is 7.32. The fraction of sp³-hybridized carbons (Fsp3) is 0.273. The molecule has 0 bridgehead atoms. The van der Waals surface area contributed by atoms with Gasteiger partial charge in [-0.05, 0) is 49.2 Å². The van der Waals surface area contributed by atoms with Gasteiger partial charge < -0.3 is 14.2 Å². The molecule has 0 radical (unpaired) electrons. The Labute approximate surface area is 168 Å². The first kappa shape index (κ1) is 18.6. The van der Waals surface area contributed by atoms with Crippen LogP contribution < -0.4 is 10.3 Å². The number of rotatable bonds is 2. The SMILES string of the molecule is Cc1cc(C)c2c(=O)cc(C(=O)N3CCN(c4cccc(Cl)c4)CC3)oc2c1. The quantitative estimate of drug-likeness (QED) is 0.656. The maximum Gasteiger partial charge on any atom is 0.289 e. The van der Waals surface area contributed by atoms with Gasteiger partial charge in [-0.1, -0.05) is 23.7 Å².